The van der Waals surface area contributed by atoms with Crippen molar-refractivity contribution in [1.82, 2.24) is 5.32 Å². The van der Waals surface area contributed by atoms with Crippen LogP contribution >= 0.6 is 11.6 Å². The number of amides is 1. The van der Waals surface area contributed by atoms with Crippen molar-refractivity contribution in [2.24, 2.45) is 0 Å². The molecule has 0 saturated heterocycles. The average molecular weight is 332 g/mol. The molecule has 0 aromatic heterocycles. The number of benzene rings is 2. The molecule has 0 aliphatic carbocycles. The Morgan fingerprint density at radius 2 is 1.96 bits per heavy atom. The number of halogens is 1. The Morgan fingerprint density at radius 1 is 1.22 bits per heavy atom. The molecular formula is C19H22ClNO2. The second kappa shape index (κ2) is 8.59. The summed E-state index contributed by atoms with van der Waals surface area (Å²) in [4.78, 5) is 12.2. The van der Waals surface area contributed by atoms with Crippen LogP contribution in [0.2, 0.25) is 5.02 Å². The van der Waals surface area contributed by atoms with Gasteiger partial charge in [-0.2, -0.15) is 0 Å². The number of carbonyl (C=O) groups is 1. The molecule has 1 N–H and O–H groups in total. The zero-order chi connectivity index (χ0) is 16.7. The summed E-state index contributed by atoms with van der Waals surface area (Å²) in [6.07, 6.45) is 1.90. The van der Waals surface area contributed by atoms with Gasteiger partial charge in [0.25, 0.3) is 5.91 Å². The largest absolute Gasteiger partial charge is 0.484 e. The lowest BCUT2D eigenvalue weighted by Gasteiger charge is -2.19. The second-order valence-electron chi connectivity index (χ2n) is 5.52. The highest BCUT2D eigenvalue weighted by Gasteiger charge is 2.14. The highest BCUT2D eigenvalue weighted by molar-refractivity contribution is 6.31. The van der Waals surface area contributed by atoms with Crippen LogP contribution in [0.5, 0.6) is 5.75 Å². The van der Waals surface area contributed by atoms with E-state index < -0.39 is 0 Å². The molecule has 0 heterocycles. The van der Waals surface area contributed by atoms with Gasteiger partial charge in [-0.1, -0.05) is 55.3 Å². The molecule has 2 rings (SSSR count). The van der Waals surface area contributed by atoms with Crippen molar-refractivity contribution in [2.45, 2.75) is 32.7 Å². The summed E-state index contributed by atoms with van der Waals surface area (Å²) in [5.41, 5.74) is 2.04. The summed E-state index contributed by atoms with van der Waals surface area (Å²) < 4.78 is 5.55. The number of hydrogen-bond donors (Lipinski definition) is 1. The molecule has 4 heteroatoms. The first-order valence-electron chi connectivity index (χ1n) is 7.83. The molecule has 0 aliphatic heterocycles. The highest BCUT2D eigenvalue weighted by Crippen LogP contribution is 2.21. The first kappa shape index (κ1) is 17.4. The molecule has 0 unspecified atom stereocenters. The molecule has 0 fully saturated rings. The SMILES string of the molecule is CCC[C@@H](NC(=O)COc1ccc(Cl)c(C)c1)c1ccccc1. The average Bonchev–Trinajstić information content (AvgIpc) is 2.56. The number of carbonyl (C=O) groups excluding carboxylic acids is 1. The number of ether oxygens (including phenoxy) is 1. The van der Waals surface area contributed by atoms with Gasteiger partial charge in [-0.15, -0.1) is 0 Å². The number of nitrogens with one attached hydrogen (secondary N) is 1. The summed E-state index contributed by atoms with van der Waals surface area (Å²) in [5, 5.41) is 3.73. The van der Waals surface area contributed by atoms with E-state index in [2.05, 4.69) is 12.2 Å². The molecule has 3 nitrogen and oxygen atoms in total. The van der Waals surface area contributed by atoms with Crippen LogP contribution in [0, 0.1) is 6.92 Å². The molecule has 0 aliphatic rings. The fraction of sp³-hybridized carbons (Fsp3) is 0.316. The Kier molecular flexibility index (Phi) is 6.48. The normalized spacial score (nSPS) is 11.8. The molecule has 0 spiro atoms. The Morgan fingerprint density at radius 3 is 2.61 bits per heavy atom. The van der Waals surface area contributed by atoms with Gasteiger partial charge >= 0.3 is 0 Å². The third-order valence-corrected chi connectivity index (χ3v) is 4.04. The number of hydrogen-bond acceptors (Lipinski definition) is 2. The van der Waals surface area contributed by atoms with E-state index in [1.807, 2.05) is 43.3 Å². The van der Waals surface area contributed by atoms with E-state index in [1.165, 1.54) is 0 Å². The molecular weight excluding hydrogens is 310 g/mol. The van der Waals surface area contributed by atoms with Crippen molar-refractivity contribution in [3.63, 3.8) is 0 Å². The first-order chi connectivity index (χ1) is 11.1. The molecule has 23 heavy (non-hydrogen) atoms. The third kappa shape index (κ3) is 5.29. The van der Waals surface area contributed by atoms with Crippen LogP contribution in [0.1, 0.15) is 36.9 Å². The van der Waals surface area contributed by atoms with Gasteiger partial charge in [0, 0.05) is 5.02 Å². The molecule has 122 valence electrons. The minimum atomic E-state index is -0.125. The molecule has 1 atom stereocenters. The first-order valence-corrected chi connectivity index (χ1v) is 8.21. The fourth-order valence-electron chi connectivity index (χ4n) is 2.39. The van der Waals surface area contributed by atoms with Crippen molar-refractivity contribution in [3.05, 3.63) is 64.7 Å². The van der Waals surface area contributed by atoms with E-state index in [4.69, 9.17) is 16.3 Å². The van der Waals surface area contributed by atoms with Crippen molar-refractivity contribution < 1.29 is 9.53 Å². The lowest BCUT2D eigenvalue weighted by Crippen LogP contribution is -2.32. The number of aryl methyl sites for hydroxylation is 1. The Bertz CT molecular complexity index is 643. The van der Waals surface area contributed by atoms with Crippen LogP contribution < -0.4 is 10.1 Å². The van der Waals surface area contributed by atoms with Crippen LogP contribution in [0.3, 0.4) is 0 Å². The predicted octanol–water partition coefficient (Wildman–Crippen LogP) is 4.68. The Balaban J connectivity index is 1.92. The fourth-order valence-corrected chi connectivity index (χ4v) is 2.51. The van der Waals surface area contributed by atoms with Crippen molar-refractivity contribution >= 4 is 17.5 Å². The van der Waals surface area contributed by atoms with Crippen molar-refractivity contribution in [2.75, 3.05) is 6.61 Å². The summed E-state index contributed by atoms with van der Waals surface area (Å²) in [6.45, 7) is 4.01. The van der Waals surface area contributed by atoms with Crippen LogP contribution in [0.4, 0.5) is 0 Å². The summed E-state index contributed by atoms with van der Waals surface area (Å²) in [5.74, 6) is 0.522. The maximum Gasteiger partial charge on any atom is 0.258 e. The van der Waals surface area contributed by atoms with E-state index in [0.29, 0.717) is 10.8 Å². The molecule has 0 saturated carbocycles. The molecule has 1 amide bonds. The smallest absolute Gasteiger partial charge is 0.258 e. The highest BCUT2D eigenvalue weighted by atomic mass is 35.5. The van der Waals surface area contributed by atoms with Gasteiger partial charge in [0.15, 0.2) is 6.61 Å². The maximum atomic E-state index is 12.2. The maximum absolute atomic E-state index is 12.2. The Labute approximate surface area is 142 Å². The van der Waals surface area contributed by atoms with E-state index >= 15 is 0 Å². The summed E-state index contributed by atoms with van der Waals surface area (Å²) >= 11 is 5.98. The van der Waals surface area contributed by atoms with Crippen LogP contribution in [-0.2, 0) is 4.79 Å². The lowest BCUT2D eigenvalue weighted by molar-refractivity contribution is -0.123. The van der Waals surface area contributed by atoms with Crippen LogP contribution in [-0.4, -0.2) is 12.5 Å². The van der Waals surface area contributed by atoms with E-state index in [0.717, 1.165) is 24.0 Å². The van der Waals surface area contributed by atoms with Gasteiger partial charge in [0.2, 0.25) is 0 Å². The zero-order valence-corrected chi connectivity index (χ0v) is 14.3. The minimum Gasteiger partial charge on any atom is -0.484 e. The van der Waals surface area contributed by atoms with E-state index in [9.17, 15) is 4.79 Å². The number of rotatable bonds is 7. The predicted molar refractivity (Wildman–Crippen MR) is 93.9 cm³/mol. The summed E-state index contributed by atoms with van der Waals surface area (Å²) in [7, 11) is 0. The lowest BCUT2D eigenvalue weighted by atomic mass is 10.0. The standard InChI is InChI=1S/C19H22ClNO2/c1-3-7-18(15-8-5-4-6-9-15)21-19(22)13-23-16-10-11-17(20)14(2)12-16/h4-6,8-12,18H,3,7,13H2,1-2H3,(H,21,22)/t18-/m1/s1. The van der Waals surface area contributed by atoms with E-state index in [1.54, 1.807) is 12.1 Å². The van der Waals surface area contributed by atoms with Gasteiger partial charge in [0.1, 0.15) is 5.75 Å². The summed E-state index contributed by atoms with van der Waals surface area (Å²) in [6, 6.07) is 15.4. The topological polar surface area (TPSA) is 38.3 Å². The third-order valence-electron chi connectivity index (χ3n) is 3.61. The Hall–Kier alpha value is -2.00. The van der Waals surface area contributed by atoms with Gasteiger partial charge in [-0.3, -0.25) is 4.79 Å². The quantitative estimate of drug-likeness (QED) is 0.799. The molecule has 2 aromatic rings. The molecule has 2 aromatic carbocycles. The zero-order valence-electron chi connectivity index (χ0n) is 13.5. The molecule has 0 radical (unpaired) electrons. The van der Waals surface area contributed by atoms with Gasteiger partial charge < -0.3 is 10.1 Å². The van der Waals surface area contributed by atoms with Crippen LogP contribution in [0.15, 0.2) is 48.5 Å². The van der Waals surface area contributed by atoms with Crippen molar-refractivity contribution in [1.29, 1.82) is 0 Å². The van der Waals surface area contributed by atoms with Crippen LogP contribution in [0.25, 0.3) is 0 Å². The second-order valence-corrected chi connectivity index (χ2v) is 5.93. The molecule has 0 bridgehead atoms. The van der Waals surface area contributed by atoms with Gasteiger partial charge in [-0.25, -0.2) is 0 Å². The van der Waals surface area contributed by atoms with Gasteiger partial charge in [0.05, 0.1) is 6.04 Å². The van der Waals surface area contributed by atoms with Crippen molar-refractivity contribution in [3.8, 4) is 5.75 Å². The van der Waals surface area contributed by atoms with Gasteiger partial charge in [-0.05, 0) is 42.7 Å². The van der Waals surface area contributed by atoms with E-state index in [-0.39, 0.29) is 18.6 Å². The monoisotopic (exact) mass is 331 g/mol. The minimum absolute atomic E-state index is 0.00583.